The fourth-order valence-electron chi connectivity index (χ4n) is 4.58. The van der Waals surface area contributed by atoms with E-state index >= 15 is 0 Å². The topological polar surface area (TPSA) is 59.9 Å². The van der Waals surface area contributed by atoms with Crippen LogP contribution < -0.4 is 13.9 Å². The summed E-state index contributed by atoms with van der Waals surface area (Å²) in [6.45, 7) is 4.18. The Balaban J connectivity index is 1.82. The van der Waals surface area contributed by atoms with Gasteiger partial charge >= 0.3 is 5.97 Å². The van der Waals surface area contributed by atoms with Crippen LogP contribution in [0.2, 0.25) is 0 Å². The van der Waals surface area contributed by atoms with Crippen molar-refractivity contribution >= 4 is 33.0 Å². The highest BCUT2D eigenvalue weighted by Crippen LogP contribution is 2.36. The molecular formula is C28H24NO4+. The Morgan fingerprint density at radius 3 is 2.18 bits per heavy atom. The molecule has 164 valence electrons. The van der Waals surface area contributed by atoms with Gasteiger partial charge in [0, 0.05) is 30.0 Å². The lowest BCUT2D eigenvalue weighted by Crippen LogP contribution is -2.25. The van der Waals surface area contributed by atoms with Gasteiger partial charge in [0.2, 0.25) is 5.52 Å². The molecule has 0 aliphatic carbocycles. The molecule has 5 aromatic rings. The molecule has 0 aliphatic heterocycles. The van der Waals surface area contributed by atoms with Crippen molar-refractivity contribution < 1.29 is 23.8 Å². The van der Waals surface area contributed by atoms with Crippen LogP contribution in [0.25, 0.3) is 38.2 Å². The lowest BCUT2D eigenvalue weighted by atomic mass is 9.97. The third-order valence-electron chi connectivity index (χ3n) is 6.36. The molecule has 0 atom stereocenters. The van der Waals surface area contributed by atoms with Gasteiger partial charge in [-0.05, 0) is 65.2 Å². The first-order valence-corrected chi connectivity index (χ1v) is 10.7. The van der Waals surface area contributed by atoms with Crippen molar-refractivity contribution in [1.82, 2.24) is 0 Å². The zero-order valence-corrected chi connectivity index (χ0v) is 19.0. The Morgan fingerprint density at radius 1 is 0.818 bits per heavy atom. The molecule has 0 saturated carbocycles. The maximum Gasteiger partial charge on any atom is 0.335 e. The molecule has 0 saturated heterocycles. The minimum atomic E-state index is -0.942. The zero-order valence-electron chi connectivity index (χ0n) is 19.0. The van der Waals surface area contributed by atoms with Gasteiger partial charge in [-0.15, -0.1) is 0 Å². The monoisotopic (exact) mass is 438 g/mol. The molecular weight excluding hydrogens is 414 g/mol. The molecule has 1 N–H and O–H groups in total. The quantitative estimate of drug-likeness (QED) is 0.221. The Bertz CT molecular complexity index is 1570. The molecule has 0 unspecified atom stereocenters. The largest absolute Gasteiger partial charge is 0.496 e. The van der Waals surface area contributed by atoms with Gasteiger partial charge in [-0.2, -0.15) is 4.40 Å². The summed E-state index contributed by atoms with van der Waals surface area (Å²) in [4.78, 5) is 11.3. The van der Waals surface area contributed by atoms with Crippen LogP contribution in [0, 0.1) is 13.8 Å². The predicted octanol–water partition coefficient (Wildman–Crippen LogP) is 5.73. The second kappa shape index (κ2) is 7.78. The smallest absolute Gasteiger partial charge is 0.335 e. The van der Waals surface area contributed by atoms with Crippen molar-refractivity contribution in [2.24, 2.45) is 0 Å². The van der Waals surface area contributed by atoms with Crippen molar-refractivity contribution in [3.8, 4) is 22.6 Å². The van der Waals surface area contributed by atoms with Gasteiger partial charge in [-0.25, -0.2) is 4.79 Å². The third kappa shape index (κ3) is 3.33. The second-order valence-corrected chi connectivity index (χ2v) is 8.23. The lowest BCUT2D eigenvalue weighted by Gasteiger charge is -2.12. The minimum absolute atomic E-state index is 0.255. The number of pyridine rings is 2. The van der Waals surface area contributed by atoms with E-state index in [2.05, 4.69) is 54.8 Å². The van der Waals surface area contributed by atoms with Crippen LogP contribution >= 0.6 is 0 Å². The summed E-state index contributed by atoms with van der Waals surface area (Å²) in [5.74, 6) is 0.666. The number of carboxylic acids is 1. The number of carbonyl (C=O) groups is 1. The van der Waals surface area contributed by atoms with Gasteiger partial charge in [0.15, 0.2) is 11.9 Å². The maximum atomic E-state index is 11.3. The SMILES string of the molecule is COc1cc2cc3c4cc(-c5ccc(C(=O)O)cc5)c(OC)cc4cc[n+]3c(C)c2cc1C. The highest BCUT2D eigenvalue weighted by atomic mass is 16.5. The summed E-state index contributed by atoms with van der Waals surface area (Å²) < 4.78 is 13.5. The molecule has 5 rings (SSSR count). The molecule has 0 radical (unpaired) electrons. The van der Waals surface area contributed by atoms with Crippen molar-refractivity contribution in [3.05, 3.63) is 83.7 Å². The zero-order chi connectivity index (χ0) is 23.3. The minimum Gasteiger partial charge on any atom is -0.496 e. The Morgan fingerprint density at radius 2 is 1.52 bits per heavy atom. The van der Waals surface area contributed by atoms with Crippen molar-refractivity contribution in [2.75, 3.05) is 14.2 Å². The maximum absolute atomic E-state index is 11.3. The highest BCUT2D eigenvalue weighted by Gasteiger charge is 2.19. The Hall–Kier alpha value is -4.12. The molecule has 5 heteroatoms. The predicted molar refractivity (Wildman–Crippen MR) is 130 cm³/mol. The van der Waals surface area contributed by atoms with Gasteiger partial charge in [0.05, 0.1) is 25.2 Å². The van der Waals surface area contributed by atoms with Crippen LogP contribution in [0.1, 0.15) is 21.6 Å². The standard InChI is InChI=1S/C28H23NO4/c1-16-11-22-17(2)29-10-9-20-13-27(33-4)24(18-5-7-19(8-6-18)28(30)31)15-23(20)25(29)12-21(22)14-26(16)32-3/h5-15H,1-4H3/p+1. The van der Waals surface area contributed by atoms with Crippen LogP contribution in [0.5, 0.6) is 11.5 Å². The van der Waals surface area contributed by atoms with Crippen LogP contribution in [0.4, 0.5) is 0 Å². The summed E-state index contributed by atoms with van der Waals surface area (Å²) in [6.07, 6.45) is 2.09. The van der Waals surface area contributed by atoms with E-state index in [-0.39, 0.29) is 5.56 Å². The normalized spacial score (nSPS) is 11.3. The van der Waals surface area contributed by atoms with Crippen LogP contribution in [-0.4, -0.2) is 25.3 Å². The van der Waals surface area contributed by atoms with Crippen LogP contribution in [0.3, 0.4) is 0 Å². The number of methoxy groups -OCH3 is 2. The van der Waals surface area contributed by atoms with Gasteiger partial charge in [0.25, 0.3) is 0 Å². The van der Waals surface area contributed by atoms with Gasteiger partial charge < -0.3 is 14.6 Å². The van der Waals surface area contributed by atoms with E-state index < -0.39 is 5.97 Å². The summed E-state index contributed by atoms with van der Waals surface area (Å²) in [5.41, 5.74) is 5.40. The number of aromatic carboxylic acids is 1. The van der Waals surface area contributed by atoms with E-state index in [0.29, 0.717) is 0 Å². The third-order valence-corrected chi connectivity index (χ3v) is 6.36. The Kier molecular flexibility index (Phi) is 4.90. The molecule has 0 amide bonds. The number of benzene rings is 3. The first-order chi connectivity index (χ1) is 15.9. The number of nitrogens with zero attached hydrogens (tertiary/aromatic N) is 1. The van der Waals surface area contributed by atoms with E-state index in [9.17, 15) is 9.90 Å². The number of rotatable bonds is 4. The first kappa shape index (κ1) is 20.8. The van der Waals surface area contributed by atoms with Crippen LogP contribution in [-0.2, 0) is 0 Å². The molecule has 0 bridgehead atoms. The molecule has 0 fully saturated rings. The summed E-state index contributed by atoms with van der Waals surface area (Å²) in [5, 5.41) is 13.7. The average Bonchev–Trinajstić information content (AvgIpc) is 2.83. The van der Waals surface area contributed by atoms with Gasteiger partial charge in [0.1, 0.15) is 11.5 Å². The van der Waals surface area contributed by atoms with E-state index in [4.69, 9.17) is 9.47 Å². The Labute approximate surface area is 191 Å². The van der Waals surface area contributed by atoms with E-state index in [1.54, 1.807) is 26.4 Å². The average molecular weight is 439 g/mol. The van der Waals surface area contributed by atoms with E-state index in [1.807, 2.05) is 18.2 Å². The summed E-state index contributed by atoms with van der Waals surface area (Å²) in [6, 6.07) is 19.6. The van der Waals surface area contributed by atoms with E-state index in [1.165, 1.54) is 5.39 Å². The molecule has 3 aromatic carbocycles. The van der Waals surface area contributed by atoms with Crippen molar-refractivity contribution in [2.45, 2.75) is 13.8 Å². The van der Waals surface area contributed by atoms with Gasteiger partial charge in [-0.1, -0.05) is 12.1 Å². The molecule has 0 aliphatic rings. The number of carboxylic acid groups (broad SMARTS) is 1. The number of hydrogen-bond acceptors (Lipinski definition) is 3. The number of aromatic nitrogens is 1. The number of aryl methyl sites for hydroxylation is 2. The first-order valence-electron chi connectivity index (χ1n) is 10.7. The molecule has 0 spiro atoms. The molecule has 33 heavy (non-hydrogen) atoms. The fraction of sp³-hybridized carbons (Fsp3) is 0.143. The number of hydrogen-bond donors (Lipinski definition) is 1. The summed E-state index contributed by atoms with van der Waals surface area (Å²) >= 11 is 0. The van der Waals surface area contributed by atoms with Crippen molar-refractivity contribution in [1.29, 1.82) is 0 Å². The number of ether oxygens (including phenoxy) is 2. The second-order valence-electron chi connectivity index (χ2n) is 8.23. The van der Waals surface area contributed by atoms with E-state index in [0.717, 1.165) is 55.6 Å². The molecule has 5 nitrogen and oxygen atoms in total. The lowest BCUT2D eigenvalue weighted by molar-refractivity contribution is -0.516. The van der Waals surface area contributed by atoms with Gasteiger partial charge in [-0.3, -0.25) is 0 Å². The molecule has 2 aromatic heterocycles. The molecule has 2 heterocycles. The highest BCUT2D eigenvalue weighted by molar-refractivity contribution is 6.01. The fourth-order valence-corrected chi connectivity index (χ4v) is 4.58. The van der Waals surface area contributed by atoms with Crippen LogP contribution in [0.15, 0.2) is 66.9 Å². The number of fused-ring (bicyclic) bond motifs is 4. The van der Waals surface area contributed by atoms with Crippen molar-refractivity contribution in [3.63, 3.8) is 0 Å². The summed E-state index contributed by atoms with van der Waals surface area (Å²) in [7, 11) is 3.35.